The fourth-order valence-corrected chi connectivity index (χ4v) is 4.86. The molecule has 36 heavy (non-hydrogen) atoms. The van der Waals surface area contributed by atoms with Gasteiger partial charge in [0.25, 0.3) is 0 Å². The van der Waals surface area contributed by atoms with E-state index in [1.54, 1.807) is 32.0 Å². The molecule has 0 aliphatic heterocycles. The highest BCUT2D eigenvalue weighted by atomic mass is 79.9. The maximum absolute atomic E-state index is 16.0. The topological polar surface area (TPSA) is 68.7 Å². The van der Waals surface area contributed by atoms with Crippen molar-refractivity contribution in [2.45, 2.75) is 26.6 Å². The SMILES string of the molecule is CCOC(=O)c1c([C@@H](C)OCc2ccccc2)nc2c(F)c(-c3cccc(Cl)c3Cl)c(Br)cc2c1O. The summed E-state index contributed by atoms with van der Waals surface area (Å²) in [4.78, 5) is 17.3. The second kappa shape index (κ2) is 11.1. The fourth-order valence-electron chi connectivity index (χ4n) is 3.85. The predicted molar refractivity (Wildman–Crippen MR) is 142 cm³/mol. The van der Waals surface area contributed by atoms with Crippen LogP contribution in [0.25, 0.3) is 22.0 Å². The Morgan fingerprint density at radius 2 is 1.89 bits per heavy atom. The molecule has 4 aromatic rings. The summed E-state index contributed by atoms with van der Waals surface area (Å²) in [7, 11) is 0. The molecule has 0 unspecified atom stereocenters. The average molecular weight is 593 g/mol. The van der Waals surface area contributed by atoms with Crippen LogP contribution < -0.4 is 0 Å². The Morgan fingerprint density at radius 1 is 1.17 bits per heavy atom. The monoisotopic (exact) mass is 591 g/mol. The number of ether oxygens (including phenoxy) is 2. The van der Waals surface area contributed by atoms with Gasteiger partial charge in [0.05, 0.1) is 35.1 Å². The highest BCUT2D eigenvalue weighted by molar-refractivity contribution is 9.10. The molecule has 0 amide bonds. The summed E-state index contributed by atoms with van der Waals surface area (Å²) in [5.41, 5.74) is 1.10. The van der Waals surface area contributed by atoms with E-state index in [0.29, 0.717) is 10.0 Å². The van der Waals surface area contributed by atoms with Gasteiger partial charge in [0.15, 0.2) is 5.82 Å². The van der Waals surface area contributed by atoms with E-state index in [0.717, 1.165) is 5.56 Å². The van der Waals surface area contributed by atoms with E-state index in [4.69, 9.17) is 32.7 Å². The number of hydrogen-bond acceptors (Lipinski definition) is 5. The third-order valence-corrected chi connectivity index (χ3v) is 7.05. The zero-order valence-corrected chi connectivity index (χ0v) is 22.4. The molecular weight excluding hydrogens is 572 g/mol. The van der Waals surface area contributed by atoms with Gasteiger partial charge in [0, 0.05) is 21.0 Å². The first-order chi connectivity index (χ1) is 17.2. The van der Waals surface area contributed by atoms with E-state index < -0.39 is 23.6 Å². The average Bonchev–Trinajstić information content (AvgIpc) is 2.86. The van der Waals surface area contributed by atoms with Crippen molar-refractivity contribution >= 4 is 56.0 Å². The van der Waals surface area contributed by atoms with Gasteiger partial charge in [-0.15, -0.1) is 0 Å². The summed E-state index contributed by atoms with van der Waals surface area (Å²) < 4.78 is 27.4. The number of fused-ring (bicyclic) bond motifs is 1. The van der Waals surface area contributed by atoms with Gasteiger partial charge in [-0.3, -0.25) is 0 Å². The highest BCUT2D eigenvalue weighted by Crippen LogP contribution is 2.44. The number of carbonyl (C=O) groups excluding carboxylic acids is 1. The predicted octanol–water partition coefficient (Wildman–Crippen LogP) is 8.27. The molecule has 0 aliphatic carbocycles. The lowest BCUT2D eigenvalue weighted by Gasteiger charge is -2.19. The van der Waals surface area contributed by atoms with E-state index in [9.17, 15) is 9.90 Å². The Kier molecular flexibility index (Phi) is 8.15. The van der Waals surface area contributed by atoms with Crippen LogP contribution in [0.4, 0.5) is 4.39 Å². The summed E-state index contributed by atoms with van der Waals surface area (Å²) in [6, 6.07) is 15.8. The minimum Gasteiger partial charge on any atom is -0.506 e. The van der Waals surface area contributed by atoms with E-state index in [1.807, 2.05) is 30.3 Å². The quantitative estimate of drug-likeness (QED) is 0.219. The molecule has 0 fully saturated rings. The number of benzene rings is 3. The summed E-state index contributed by atoms with van der Waals surface area (Å²) in [5, 5.41) is 11.6. The molecule has 1 N–H and O–H groups in total. The Morgan fingerprint density at radius 3 is 2.58 bits per heavy atom. The Labute approximate surface area is 225 Å². The molecule has 9 heteroatoms. The Balaban J connectivity index is 1.91. The number of halogens is 4. The number of hydrogen-bond donors (Lipinski definition) is 1. The van der Waals surface area contributed by atoms with Crippen molar-refractivity contribution in [2.75, 3.05) is 6.61 Å². The molecule has 0 saturated carbocycles. The van der Waals surface area contributed by atoms with Gasteiger partial charge in [-0.2, -0.15) is 0 Å². The fraction of sp³-hybridized carbons (Fsp3) is 0.185. The summed E-state index contributed by atoms with van der Waals surface area (Å²) in [5.74, 6) is -1.98. The maximum Gasteiger partial charge on any atom is 0.343 e. The van der Waals surface area contributed by atoms with Gasteiger partial charge in [-0.1, -0.05) is 81.6 Å². The molecule has 1 heterocycles. The number of esters is 1. The van der Waals surface area contributed by atoms with Crippen molar-refractivity contribution in [3.63, 3.8) is 0 Å². The number of nitrogens with zero attached hydrogens (tertiary/aromatic N) is 1. The smallest absolute Gasteiger partial charge is 0.343 e. The lowest BCUT2D eigenvalue weighted by Crippen LogP contribution is -2.14. The van der Waals surface area contributed by atoms with Crippen LogP contribution in [-0.2, 0) is 16.1 Å². The van der Waals surface area contributed by atoms with Crippen molar-refractivity contribution < 1.29 is 23.8 Å². The molecule has 1 aromatic heterocycles. The van der Waals surface area contributed by atoms with Crippen LogP contribution >= 0.6 is 39.1 Å². The molecular formula is C27H21BrCl2FNO4. The Hall–Kier alpha value is -2.71. The maximum atomic E-state index is 16.0. The first-order valence-corrected chi connectivity index (χ1v) is 12.6. The third-order valence-electron chi connectivity index (χ3n) is 5.60. The highest BCUT2D eigenvalue weighted by Gasteiger charge is 2.29. The molecule has 0 saturated heterocycles. The zero-order valence-electron chi connectivity index (χ0n) is 19.3. The minimum absolute atomic E-state index is 0.0309. The molecule has 1 atom stereocenters. The summed E-state index contributed by atoms with van der Waals surface area (Å²) in [6.45, 7) is 3.62. The van der Waals surface area contributed by atoms with E-state index in [2.05, 4.69) is 20.9 Å². The second-order valence-corrected chi connectivity index (χ2v) is 9.56. The first-order valence-electron chi connectivity index (χ1n) is 11.1. The minimum atomic E-state index is -0.784. The first kappa shape index (κ1) is 26.4. The number of carbonyl (C=O) groups is 1. The Bertz CT molecular complexity index is 1450. The van der Waals surface area contributed by atoms with Gasteiger partial charge in [-0.25, -0.2) is 14.2 Å². The third kappa shape index (κ3) is 5.06. The van der Waals surface area contributed by atoms with Crippen molar-refractivity contribution in [3.05, 3.63) is 91.8 Å². The van der Waals surface area contributed by atoms with Crippen LogP contribution in [0.2, 0.25) is 10.0 Å². The zero-order chi connectivity index (χ0) is 26.0. The van der Waals surface area contributed by atoms with E-state index in [1.165, 1.54) is 6.07 Å². The van der Waals surface area contributed by atoms with Gasteiger partial charge in [0.2, 0.25) is 0 Å². The van der Waals surface area contributed by atoms with Crippen molar-refractivity contribution in [1.82, 2.24) is 4.98 Å². The van der Waals surface area contributed by atoms with Gasteiger partial charge >= 0.3 is 5.97 Å². The normalized spacial score (nSPS) is 12.1. The molecule has 3 aromatic carbocycles. The van der Waals surface area contributed by atoms with Crippen LogP contribution in [0.1, 0.15) is 41.6 Å². The van der Waals surface area contributed by atoms with Gasteiger partial charge < -0.3 is 14.6 Å². The summed E-state index contributed by atoms with van der Waals surface area (Å²) >= 11 is 15.9. The van der Waals surface area contributed by atoms with Crippen LogP contribution in [0, 0.1) is 5.82 Å². The number of aromatic hydroxyl groups is 1. The largest absolute Gasteiger partial charge is 0.506 e. The van der Waals surface area contributed by atoms with Gasteiger partial charge in [0.1, 0.15) is 16.8 Å². The number of pyridine rings is 1. The molecule has 0 radical (unpaired) electrons. The lowest BCUT2D eigenvalue weighted by atomic mass is 9.99. The molecule has 0 spiro atoms. The van der Waals surface area contributed by atoms with Crippen molar-refractivity contribution in [3.8, 4) is 16.9 Å². The van der Waals surface area contributed by atoms with Crippen LogP contribution in [-0.4, -0.2) is 22.7 Å². The van der Waals surface area contributed by atoms with E-state index in [-0.39, 0.29) is 51.0 Å². The molecule has 5 nitrogen and oxygen atoms in total. The second-order valence-electron chi connectivity index (χ2n) is 7.92. The van der Waals surface area contributed by atoms with Crippen LogP contribution in [0.5, 0.6) is 5.75 Å². The van der Waals surface area contributed by atoms with Crippen LogP contribution in [0.3, 0.4) is 0 Å². The number of aromatic nitrogens is 1. The standard InChI is InChI=1S/C27H21BrCl2FNO4/c1-3-35-27(34)21-24(14(2)36-13-15-8-5-4-6-9-15)32-25-17(26(21)33)12-18(28)20(23(25)31)16-10-7-11-19(29)22(16)30/h4-12,14H,3,13H2,1-2H3,(H,32,33)/t14-/m1/s1. The molecule has 186 valence electrons. The van der Waals surface area contributed by atoms with Crippen molar-refractivity contribution in [1.29, 1.82) is 0 Å². The number of rotatable bonds is 7. The van der Waals surface area contributed by atoms with Crippen molar-refractivity contribution in [2.24, 2.45) is 0 Å². The lowest BCUT2D eigenvalue weighted by molar-refractivity contribution is 0.0424. The molecule has 0 bridgehead atoms. The van der Waals surface area contributed by atoms with Crippen LogP contribution in [0.15, 0.2) is 59.1 Å². The molecule has 4 rings (SSSR count). The molecule has 0 aliphatic rings. The summed E-state index contributed by atoms with van der Waals surface area (Å²) in [6.07, 6.45) is -0.777. The van der Waals surface area contributed by atoms with E-state index >= 15 is 4.39 Å². The van der Waals surface area contributed by atoms with Gasteiger partial charge in [-0.05, 0) is 31.5 Å².